The average molecular weight is 483 g/mol. The topological polar surface area (TPSA) is 125 Å². The minimum Gasteiger partial charge on any atom is -0.481 e. The van der Waals surface area contributed by atoms with Gasteiger partial charge in [-0.15, -0.1) is 0 Å². The van der Waals surface area contributed by atoms with Gasteiger partial charge in [-0.25, -0.2) is 4.79 Å². The summed E-state index contributed by atoms with van der Waals surface area (Å²) in [7, 11) is 0. The maximum Gasteiger partial charge on any atom is 0.407 e. The molecule has 3 rings (SSSR count). The van der Waals surface area contributed by atoms with Crippen LogP contribution in [0.4, 0.5) is 4.79 Å². The first kappa shape index (κ1) is 26.2. The summed E-state index contributed by atoms with van der Waals surface area (Å²) >= 11 is 0. The highest BCUT2D eigenvalue weighted by Crippen LogP contribution is 2.44. The molecule has 2 amide bonds. The van der Waals surface area contributed by atoms with E-state index in [4.69, 9.17) is 9.84 Å². The molecule has 0 radical (unpaired) electrons. The molecular formula is C27H34N2O6. The summed E-state index contributed by atoms with van der Waals surface area (Å²) in [6.45, 7) is 3.85. The first-order valence-corrected chi connectivity index (χ1v) is 12.0. The van der Waals surface area contributed by atoms with E-state index in [-0.39, 0.29) is 36.9 Å². The van der Waals surface area contributed by atoms with Crippen LogP contribution in [0.25, 0.3) is 11.1 Å². The largest absolute Gasteiger partial charge is 0.481 e. The van der Waals surface area contributed by atoms with Crippen LogP contribution >= 0.6 is 0 Å². The van der Waals surface area contributed by atoms with Crippen LogP contribution in [0.2, 0.25) is 0 Å². The van der Waals surface area contributed by atoms with Crippen molar-refractivity contribution < 1.29 is 29.3 Å². The molecule has 0 aromatic heterocycles. The van der Waals surface area contributed by atoms with Crippen LogP contribution in [0.3, 0.4) is 0 Å². The number of hydrogen-bond acceptors (Lipinski definition) is 5. The Hall–Kier alpha value is -3.39. The van der Waals surface area contributed by atoms with E-state index in [1.54, 1.807) is 6.92 Å². The van der Waals surface area contributed by atoms with Gasteiger partial charge in [0.2, 0.25) is 5.91 Å². The van der Waals surface area contributed by atoms with Gasteiger partial charge in [-0.2, -0.15) is 0 Å². The van der Waals surface area contributed by atoms with E-state index in [1.165, 1.54) is 11.1 Å². The number of carbonyl (C=O) groups excluding carboxylic acids is 2. The molecule has 0 bridgehead atoms. The van der Waals surface area contributed by atoms with Gasteiger partial charge in [0.15, 0.2) is 0 Å². The summed E-state index contributed by atoms with van der Waals surface area (Å²) in [5, 5.41) is 23.6. The molecule has 8 heteroatoms. The molecule has 3 atom stereocenters. The first-order chi connectivity index (χ1) is 16.8. The molecule has 35 heavy (non-hydrogen) atoms. The number of hydrogen-bond donors (Lipinski definition) is 4. The van der Waals surface area contributed by atoms with Crippen molar-refractivity contribution in [3.8, 4) is 11.1 Å². The maximum atomic E-state index is 12.4. The molecule has 2 aromatic carbocycles. The molecule has 3 unspecified atom stereocenters. The van der Waals surface area contributed by atoms with Crippen molar-refractivity contribution in [2.45, 2.75) is 57.6 Å². The van der Waals surface area contributed by atoms with Gasteiger partial charge >= 0.3 is 12.1 Å². The lowest BCUT2D eigenvalue weighted by Gasteiger charge is -2.18. The number of amides is 2. The Morgan fingerprint density at radius 2 is 1.57 bits per heavy atom. The van der Waals surface area contributed by atoms with Crippen LogP contribution in [0.1, 0.15) is 56.6 Å². The lowest BCUT2D eigenvalue weighted by molar-refractivity contribution is -0.139. The van der Waals surface area contributed by atoms with E-state index < -0.39 is 24.6 Å². The molecule has 4 N–H and O–H groups in total. The lowest BCUT2D eigenvalue weighted by atomic mass is 9.98. The Labute approximate surface area is 205 Å². The van der Waals surface area contributed by atoms with Gasteiger partial charge in [0, 0.05) is 24.4 Å². The maximum absolute atomic E-state index is 12.4. The number of aliphatic hydroxyl groups is 1. The molecule has 0 heterocycles. The van der Waals surface area contributed by atoms with E-state index >= 15 is 0 Å². The molecule has 188 valence electrons. The highest BCUT2D eigenvalue weighted by Gasteiger charge is 2.29. The summed E-state index contributed by atoms with van der Waals surface area (Å²) in [6, 6.07) is 16.3. The van der Waals surface area contributed by atoms with Crippen LogP contribution in [0.15, 0.2) is 48.5 Å². The van der Waals surface area contributed by atoms with Gasteiger partial charge in [-0.3, -0.25) is 9.59 Å². The fraction of sp³-hybridized carbons (Fsp3) is 0.444. The predicted octanol–water partition coefficient (Wildman–Crippen LogP) is 3.67. The van der Waals surface area contributed by atoms with Crippen molar-refractivity contribution in [2.75, 3.05) is 13.2 Å². The van der Waals surface area contributed by atoms with Crippen molar-refractivity contribution in [2.24, 2.45) is 5.92 Å². The molecule has 0 aliphatic heterocycles. The second kappa shape index (κ2) is 12.4. The van der Waals surface area contributed by atoms with Crippen LogP contribution in [-0.2, 0) is 14.3 Å². The summed E-state index contributed by atoms with van der Waals surface area (Å²) < 4.78 is 5.58. The monoisotopic (exact) mass is 482 g/mol. The number of carboxylic acids is 1. The molecule has 0 fully saturated rings. The van der Waals surface area contributed by atoms with Crippen LogP contribution in [0, 0.1) is 5.92 Å². The molecule has 2 aromatic rings. The van der Waals surface area contributed by atoms with Gasteiger partial charge < -0.3 is 25.6 Å². The zero-order valence-electron chi connectivity index (χ0n) is 20.2. The van der Waals surface area contributed by atoms with E-state index in [0.717, 1.165) is 17.5 Å². The summed E-state index contributed by atoms with van der Waals surface area (Å²) in [4.78, 5) is 35.1. The summed E-state index contributed by atoms with van der Waals surface area (Å²) in [6.07, 6.45) is 0.0360. The number of alkyl carbamates (subject to hydrolysis) is 1. The highest BCUT2D eigenvalue weighted by molar-refractivity contribution is 5.79. The Balaban J connectivity index is 1.37. The second-order valence-corrected chi connectivity index (χ2v) is 9.20. The number of carbonyl (C=O) groups is 3. The average Bonchev–Trinajstić information content (AvgIpc) is 3.14. The smallest absolute Gasteiger partial charge is 0.407 e. The minimum atomic E-state index is -1.11. The standard InChI is InChI=1S/C27H34N2O6/c1-17(26(33)28-15-19(30)14-25(31)32)8-7-9-18(2)29-27(34)35-16-24-22-12-5-3-10-20(22)21-11-4-6-13-23(21)24/h3-6,10-13,17-19,24,30H,7-9,14-16H2,1-2H3,(H,28,33)(H,29,34)(H,31,32). The number of aliphatic carboxylic acids is 1. The third kappa shape index (κ3) is 7.29. The molecular weight excluding hydrogens is 448 g/mol. The quantitative estimate of drug-likeness (QED) is 0.366. The molecule has 1 aliphatic carbocycles. The molecule has 1 aliphatic rings. The second-order valence-electron chi connectivity index (χ2n) is 9.20. The third-order valence-electron chi connectivity index (χ3n) is 6.35. The van der Waals surface area contributed by atoms with Crippen molar-refractivity contribution >= 4 is 18.0 Å². The number of nitrogens with one attached hydrogen (secondary N) is 2. The van der Waals surface area contributed by atoms with Crippen molar-refractivity contribution in [3.05, 3.63) is 59.7 Å². The normalized spacial score (nSPS) is 14.8. The molecule has 0 spiro atoms. The van der Waals surface area contributed by atoms with Crippen molar-refractivity contribution in [1.29, 1.82) is 0 Å². The van der Waals surface area contributed by atoms with Crippen LogP contribution in [0.5, 0.6) is 0 Å². The number of rotatable bonds is 12. The van der Waals surface area contributed by atoms with Gasteiger partial charge in [-0.05, 0) is 42.0 Å². The molecule has 0 saturated heterocycles. The fourth-order valence-electron chi connectivity index (χ4n) is 4.44. The van der Waals surface area contributed by atoms with E-state index in [0.29, 0.717) is 12.8 Å². The Bertz CT molecular complexity index is 994. The first-order valence-electron chi connectivity index (χ1n) is 12.0. The number of ether oxygens (including phenoxy) is 1. The molecule has 0 saturated carbocycles. The van der Waals surface area contributed by atoms with Crippen molar-refractivity contribution in [3.63, 3.8) is 0 Å². The van der Waals surface area contributed by atoms with E-state index in [9.17, 15) is 19.5 Å². The Morgan fingerprint density at radius 3 is 2.17 bits per heavy atom. The number of fused-ring (bicyclic) bond motifs is 3. The van der Waals surface area contributed by atoms with Gasteiger partial charge in [0.1, 0.15) is 6.61 Å². The lowest BCUT2D eigenvalue weighted by Crippen LogP contribution is -2.36. The van der Waals surface area contributed by atoms with Crippen LogP contribution < -0.4 is 10.6 Å². The van der Waals surface area contributed by atoms with E-state index in [1.807, 2.05) is 31.2 Å². The molecule has 8 nitrogen and oxygen atoms in total. The summed E-state index contributed by atoms with van der Waals surface area (Å²) in [5.74, 6) is -1.62. The number of aliphatic hydroxyl groups excluding tert-OH is 1. The number of benzene rings is 2. The highest BCUT2D eigenvalue weighted by atomic mass is 16.5. The zero-order chi connectivity index (χ0) is 25.4. The van der Waals surface area contributed by atoms with Gasteiger partial charge in [0.25, 0.3) is 0 Å². The SMILES string of the molecule is CC(CCCC(C)C(=O)NCC(O)CC(=O)O)NC(=O)OCC1c2ccccc2-c2ccccc21. The minimum absolute atomic E-state index is 0.0110. The number of carboxylic acid groups (broad SMARTS) is 1. The Kier molecular flexibility index (Phi) is 9.25. The Morgan fingerprint density at radius 1 is 0.971 bits per heavy atom. The predicted molar refractivity (Wildman–Crippen MR) is 132 cm³/mol. The summed E-state index contributed by atoms with van der Waals surface area (Å²) in [5.41, 5.74) is 4.69. The van der Waals surface area contributed by atoms with Gasteiger partial charge in [0.05, 0.1) is 12.5 Å². The van der Waals surface area contributed by atoms with E-state index in [2.05, 4.69) is 34.9 Å². The fourth-order valence-corrected chi connectivity index (χ4v) is 4.44. The van der Waals surface area contributed by atoms with Crippen LogP contribution in [-0.4, -0.2) is 53.5 Å². The van der Waals surface area contributed by atoms with Gasteiger partial charge in [-0.1, -0.05) is 61.9 Å². The third-order valence-corrected chi connectivity index (χ3v) is 6.35. The van der Waals surface area contributed by atoms with Crippen molar-refractivity contribution in [1.82, 2.24) is 10.6 Å². The zero-order valence-corrected chi connectivity index (χ0v) is 20.2.